The third-order valence-electron chi connectivity index (χ3n) is 8.58. The van der Waals surface area contributed by atoms with Crippen LogP contribution in [-0.4, -0.2) is 50.9 Å². The summed E-state index contributed by atoms with van der Waals surface area (Å²) >= 11 is 0. The minimum Gasteiger partial charge on any atom is -0.492 e. The van der Waals surface area contributed by atoms with Crippen molar-refractivity contribution in [2.45, 2.75) is 58.1 Å². The van der Waals surface area contributed by atoms with Gasteiger partial charge in [-0.15, -0.1) is 0 Å². The van der Waals surface area contributed by atoms with E-state index in [0.29, 0.717) is 19.6 Å². The van der Waals surface area contributed by atoms with Crippen LogP contribution in [0.2, 0.25) is 0 Å². The van der Waals surface area contributed by atoms with Crippen molar-refractivity contribution in [1.29, 1.82) is 0 Å². The molecule has 0 heterocycles. The lowest BCUT2D eigenvalue weighted by molar-refractivity contribution is -0.154. The maximum atomic E-state index is 12.1. The zero-order valence-electron chi connectivity index (χ0n) is 26.6. The fourth-order valence-corrected chi connectivity index (χ4v) is 6.25. The number of fused-ring (bicyclic) bond motifs is 2. The Kier molecular flexibility index (Phi) is 10.9. The Morgan fingerprint density at radius 1 is 0.841 bits per heavy atom. The van der Waals surface area contributed by atoms with Crippen LogP contribution in [0.15, 0.2) is 91.0 Å². The summed E-state index contributed by atoms with van der Waals surface area (Å²) in [6.45, 7) is 5.73. The van der Waals surface area contributed by atoms with E-state index in [-0.39, 0.29) is 12.0 Å². The average Bonchev–Trinajstić information content (AvgIpc) is 3.21. The van der Waals surface area contributed by atoms with E-state index >= 15 is 0 Å². The molecule has 2 unspecified atom stereocenters. The normalized spacial score (nSPS) is 14.8. The molecule has 0 saturated heterocycles. The molecule has 0 amide bonds. The van der Waals surface area contributed by atoms with Gasteiger partial charge in [0.2, 0.25) is 0 Å². The number of hydrogen-bond donors (Lipinski definition) is 0. The topological polar surface area (TPSA) is 48.0 Å². The molecule has 1 aliphatic carbocycles. The quantitative estimate of drug-likeness (QED) is 0.150. The van der Waals surface area contributed by atoms with E-state index in [1.54, 1.807) is 6.92 Å². The molecule has 2 atom stereocenters. The first kappa shape index (κ1) is 31.5. The molecule has 5 nitrogen and oxygen atoms in total. The van der Waals surface area contributed by atoms with Crippen molar-refractivity contribution in [2.24, 2.45) is 0 Å². The number of esters is 1. The fourth-order valence-electron chi connectivity index (χ4n) is 6.25. The smallest absolute Gasteiger partial charge is 0.335 e. The molecule has 230 valence electrons. The van der Waals surface area contributed by atoms with Crippen molar-refractivity contribution in [3.05, 3.63) is 124 Å². The predicted molar refractivity (Wildman–Crippen MR) is 177 cm³/mol. The summed E-state index contributed by atoms with van der Waals surface area (Å²) in [5, 5.41) is 0. The number of methoxy groups -OCH3 is 1. The van der Waals surface area contributed by atoms with E-state index in [0.717, 1.165) is 43.5 Å². The predicted octanol–water partition coefficient (Wildman–Crippen LogP) is 7.63. The van der Waals surface area contributed by atoms with Gasteiger partial charge >= 0.3 is 5.97 Å². The van der Waals surface area contributed by atoms with E-state index in [9.17, 15) is 4.79 Å². The van der Waals surface area contributed by atoms with Crippen LogP contribution in [0.5, 0.6) is 5.75 Å². The van der Waals surface area contributed by atoms with Crippen LogP contribution in [0, 0.1) is 0 Å². The Balaban J connectivity index is 1.32. The highest BCUT2D eigenvalue weighted by atomic mass is 16.6. The second-order valence-electron chi connectivity index (χ2n) is 11.6. The molecule has 1 aliphatic rings. The zero-order chi connectivity index (χ0) is 30.9. The van der Waals surface area contributed by atoms with E-state index in [1.165, 1.54) is 46.1 Å². The summed E-state index contributed by atoms with van der Waals surface area (Å²) in [7, 11) is 3.75. The number of rotatable bonds is 13. The van der Waals surface area contributed by atoms with Crippen molar-refractivity contribution in [3.63, 3.8) is 0 Å². The van der Waals surface area contributed by atoms with Gasteiger partial charge in [0.15, 0.2) is 6.10 Å². The fraction of sp³-hybridized carbons (Fsp3) is 0.359. The summed E-state index contributed by atoms with van der Waals surface area (Å²) in [5.41, 5.74) is 10.6. The maximum absolute atomic E-state index is 12.1. The van der Waals surface area contributed by atoms with E-state index in [1.807, 2.05) is 24.3 Å². The highest BCUT2D eigenvalue weighted by Gasteiger charge is 2.28. The van der Waals surface area contributed by atoms with Crippen LogP contribution in [0.25, 0.3) is 11.1 Å². The van der Waals surface area contributed by atoms with Crippen LogP contribution in [0.4, 0.5) is 0 Å². The van der Waals surface area contributed by atoms with Gasteiger partial charge in [-0.05, 0) is 89.9 Å². The Hall–Kier alpha value is -3.93. The Morgan fingerprint density at radius 3 is 2.32 bits per heavy atom. The van der Waals surface area contributed by atoms with Gasteiger partial charge in [-0.2, -0.15) is 0 Å². The van der Waals surface area contributed by atoms with Gasteiger partial charge in [0.05, 0.1) is 12.6 Å². The first-order valence-electron chi connectivity index (χ1n) is 15.9. The van der Waals surface area contributed by atoms with Crippen molar-refractivity contribution in [1.82, 2.24) is 4.90 Å². The first-order valence-corrected chi connectivity index (χ1v) is 15.9. The number of aryl methyl sites for hydroxylation is 3. The molecule has 5 heteroatoms. The summed E-state index contributed by atoms with van der Waals surface area (Å²) in [6.07, 6.45) is 4.15. The van der Waals surface area contributed by atoms with Crippen molar-refractivity contribution < 1.29 is 19.0 Å². The number of benzene rings is 4. The van der Waals surface area contributed by atoms with E-state index in [4.69, 9.17) is 14.2 Å². The first-order chi connectivity index (χ1) is 21.5. The number of likely N-dealkylation sites (N-methyl/N-ethyl adjacent to an activating group) is 1. The summed E-state index contributed by atoms with van der Waals surface area (Å²) < 4.78 is 16.7. The summed E-state index contributed by atoms with van der Waals surface area (Å²) in [6, 6.07) is 32.9. The molecule has 5 rings (SSSR count). The molecule has 0 spiro atoms. The number of hydrogen-bond acceptors (Lipinski definition) is 5. The van der Waals surface area contributed by atoms with Crippen molar-refractivity contribution >= 4 is 5.97 Å². The van der Waals surface area contributed by atoms with Gasteiger partial charge < -0.3 is 14.2 Å². The maximum Gasteiger partial charge on any atom is 0.335 e. The standard InChI is InChI=1S/C39H45NO4/c1-5-10-28-13-16-31-17-18-33-27-32(30-11-8-7-9-12-30)19-22-35(33)38(36(31)25-28)40(3)23-24-44-34-20-14-29(15-21-34)26-37(42-4)39(41)43-6-2/h7-9,11-16,19-22,25,27,37-38H,5-6,10,17-18,23-24,26H2,1-4H3. The van der Waals surface area contributed by atoms with Crippen LogP contribution >= 0.6 is 0 Å². The molecule has 0 aromatic heterocycles. The van der Waals surface area contributed by atoms with Crippen LogP contribution < -0.4 is 4.74 Å². The second kappa shape index (κ2) is 15.2. The molecule has 0 aliphatic heterocycles. The van der Waals surface area contributed by atoms with Crippen molar-refractivity contribution in [2.75, 3.05) is 33.9 Å². The molecule has 0 bridgehead atoms. The van der Waals surface area contributed by atoms with Gasteiger partial charge in [0.25, 0.3) is 0 Å². The lowest BCUT2D eigenvalue weighted by Crippen LogP contribution is -2.30. The van der Waals surface area contributed by atoms with Gasteiger partial charge in [0, 0.05) is 20.1 Å². The molecule has 0 fully saturated rings. The zero-order valence-corrected chi connectivity index (χ0v) is 26.6. The minimum absolute atomic E-state index is 0.156. The monoisotopic (exact) mass is 591 g/mol. The van der Waals surface area contributed by atoms with Gasteiger partial charge in [0.1, 0.15) is 12.4 Å². The third kappa shape index (κ3) is 7.58. The van der Waals surface area contributed by atoms with Gasteiger partial charge in [-0.25, -0.2) is 4.79 Å². The molecule has 0 radical (unpaired) electrons. The highest BCUT2D eigenvalue weighted by molar-refractivity contribution is 5.75. The summed E-state index contributed by atoms with van der Waals surface area (Å²) in [4.78, 5) is 14.6. The number of nitrogens with zero attached hydrogens (tertiary/aromatic N) is 1. The highest BCUT2D eigenvalue weighted by Crippen LogP contribution is 2.38. The number of carbonyl (C=O) groups is 1. The lowest BCUT2D eigenvalue weighted by atomic mass is 9.90. The molecular weight excluding hydrogens is 546 g/mol. The molecular formula is C39H45NO4. The van der Waals surface area contributed by atoms with E-state index in [2.05, 4.69) is 85.6 Å². The molecule has 4 aromatic carbocycles. The van der Waals surface area contributed by atoms with Crippen molar-refractivity contribution in [3.8, 4) is 16.9 Å². The third-order valence-corrected chi connectivity index (χ3v) is 8.58. The summed E-state index contributed by atoms with van der Waals surface area (Å²) in [5.74, 6) is 0.477. The number of ether oxygens (including phenoxy) is 3. The van der Waals surface area contributed by atoms with Gasteiger partial charge in [-0.3, -0.25) is 4.90 Å². The lowest BCUT2D eigenvalue weighted by Gasteiger charge is -2.31. The van der Waals surface area contributed by atoms with E-state index < -0.39 is 6.10 Å². The molecule has 0 N–H and O–H groups in total. The van der Waals surface area contributed by atoms with Crippen LogP contribution in [0.1, 0.15) is 59.7 Å². The van der Waals surface area contributed by atoms with Crippen LogP contribution in [0.3, 0.4) is 0 Å². The van der Waals surface area contributed by atoms with Crippen LogP contribution in [-0.2, 0) is 40.0 Å². The minimum atomic E-state index is -0.609. The molecule has 4 aromatic rings. The number of carbonyl (C=O) groups excluding carboxylic acids is 1. The Labute approximate surface area is 262 Å². The average molecular weight is 592 g/mol. The Bertz CT molecular complexity index is 1520. The second-order valence-corrected chi connectivity index (χ2v) is 11.6. The largest absolute Gasteiger partial charge is 0.492 e. The molecule has 0 saturated carbocycles. The SMILES string of the molecule is CCCc1ccc2c(c1)C(N(C)CCOc1ccc(CC(OC)C(=O)OCC)cc1)c1ccc(-c3ccccc3)cc1CC2. The molecule has 44 heavy (non-hydrogen) atoms. The van der Waals surface area contributed by atoms with Gasteiger partial charge in [-0.1, -0.05) is 92.2 Å². The Morgan fingerprint density at radius 2 is 1.59 bits per heavy atom.